The highest BCUT2D eigenvalue weighted by atomic mass is 32.2. The van der Waals surface area contributed by atoms with Crippen LogP contribution in [0, 0.1) is 6.92 Å². The second kappa shape index (κ2) is 8.92. The number of thioether (sulfide) groups is 1. The quantitative estimate of drug-likeness (QED) is 0.741. The van der Waals surface area contributed by atoms with Crippen molar-refractivity contribution >= 4 is 35.0 Å². The van der Waals surface area contributed by atoms with Crippen molar-refractivity contribution in [2.24, 2.45) is 0 Å². The Morgan fingerprint density at radius 1 is 1.53 bits per heavy atom. The van der Waals surface area contributed by atoms with Crippen LogP contribution in [0.25, 0.3) is 0 Å². The SMILES string of the molecule is CCOC(=O)CCNC(=O)CSCc1csc(C)n1. The Bertz CT molecular complexity index is 421. The van der Waals surface area contributed by atoms with E-state index in [0.717, 1.165) is 16.5 Å². The Morgan fingerprint density at radius 3 is 2.95 bits per heavy atom. The van der Waals surface area contributed by atoms with E-state index in [9.17, 15) is 9.59 Å². The molecule has 1 rings (SSSR count). The van der Waals surface area contributed by atoms with Gasteiger partial charge in [0, 0.05) is 17.7 Å². The first-order chi connectivity index (χ1) is 9.11. The van der Waals surface area contributed by atoms with E-state index < -0.39 is 0 Å². The van der Waals surface area contributed by atoms with Gasteiger partial charge in [-0.15, -0.1) is 23.1 Å². The van der Waals surface area contributed by atoms with Crippen LogP contribution in [0.4, 0.5) is 0 Å². The lowest BCUT2D eigenvalue weighted by Gasteiger charge is -2.04. The number of hydrogen-bond donors (Lipinski definition) is 1. The predicted molar refractivity (Wildman–Crippen MR) is 77.3 cm³/mol. The van der Waals surface area contributed by atoms with Gasteiger partial charge >= 0.3 is 5.97 Å². The van der Waals surface area contributed by atoms with Crippen molar-refractivity contribution < 1.29 is 14.3 Å². The molecule has 106 valence electrons. The van der Waals surface area contributed by atoms with Crippen LogP contribution in [0.5, 0.6) is 0 Å². The fourth-order valence-corrected chi connectivity index (χ4v) is 2.78. The monoisotopic (exact) mass is 302 g/mol. The van der Waals surface area contributed by atoms with Gasteiger partial charge in [-0.3, -0.25) is 9.59 Å². The average Bonchev–Trinajstić information content (AvgIpc) is 2.75. The molecule has 1 heterocycles. The van der Waals surface area contributed by atoms with Crippen molar-refractivity contribution in [3.05, 3.63) is 16.1 Å². The zero-order valence-corrected chi connectivity index (χ0v) is 12.7. The van der Waals surface area contributed by atoms with Crippen molar-refractivity contribution in [3.63, 3.8) is 0 Å². The first kappa shape index (κ1) is 16.0. The molecule has 1 aromatic heterocycles. The molecule has 0 saturated heterocycles. The second-order valence-corrected chi connectivity index (χ2v) is 5.80. The molecule has 0 aliphatic heterocycles. The zero-order valence-electron chi connectivity index (χ0n) is 11.1. The summed E-state index contributed by atoms with van der Waals surface area (Å²) in [7, 11) is 0. The summed E-state index contributed by atoms with van der Waals surface area (Å²) in [6.07, 6.45) is 0.218. The van der Waals surface area contributed by atoms with Crippen LogP contribution in [0.15, 0.2) is 5.38 Å². The fraction of sp³-hybridized carbons (Fsp3) is 0.583. The van der Waals surface area contributed by atoms with Gasteiger partial charge in [0.1, 0.15) is 0 Å². The van der Waals surface area contributed by atoms with Gasteiger partial charge in [0.2, 0.25) is 5.91 Å². The Hall–Kier alpha value is -1.08. The summed E-state index contributed by atoms with van der Waals surface area (Å²) in [6.45, 7) is 4.41. The highest BCUT2D eigenvalue weighted by Crippen LogP contribution is 2.14. The van der Waals surface area contributed by atoms with Crippen LogP contribution in [0.1, 0.15) is 24.0 Å². The Morgan fingerprint density at radius 2 is 2.32 bits per heavy atom. The molecule has 1 N–H and O–H groups in total. The van der Waals surface area contributed by atoms with E-state index in [2.05, 4.69) is 10.3 Å². The highest BCUT2D eigenvalue weighted by molar-refractivity contribution is 7.99. The number of ether oxygens (including phenoxy) is 1. The Kier molecular flexibility index (Phi) is 7.50. The molecule has 1 amide bonds. The lowest BCUT2D eigenvalue weighted by Crippen LogP contribution is -2.28. The molecule has 5 nitrogen and oxygen atoms in total. The van der Waals surface area contributed by atoms with Gasteiger partial charge in [-0.1, -0.05) is 0 Å². The van der Waals surface area contributed by atoms with Crippen LogP contribution in [-0.4, -0.2) is 35.8 Å². The summed E-state index contributed by atoms with van der Waals surface area (Å²) in [4.78, 5) is 26.8. The molecular weight excluding hydrogens is 284 g/mol. The third-order valence-electron chi connectivity index (χ3n) is 2.11. The molecular formula is C12H18N2O3S2. The van der Waals surface area contributed by atoms with E-state index in [0.29, 0.717) is 18.9 Å². The molecule has 0 unspecified atom stereocenters. The van der Waals surface area contributed by atoms with E-state index in [-0.39, 0.29) is 18.3 Å². The molecule has 19 heavy (non-hydrogen) atoms. The summed E-state index contributed by atoms with van der Waals surface area (Å²) < 4.78 is 4.76. The molecule has 0 atom stereocenters. The maximum atomic E-state index is 11.5. The van der Waals surface area contributed by atoms with Crippen LogP contribution in [0.2, 0.25) is 0 Å². The van der Waals surface area contributed by atoms with Crippen LogP contribution < -0.4 is 5.32 Å². The van der Waals surface area contributed by atoms with E-state index in [1.54, 1.807) is 18.3 Å². The normalized spacial score (nSPS) is 10.2. The molecule has 0 aliphatic rings. The van der Waals surface area contributed by atoms with Crippen LogP contribution in [-0.2, 0) is 20.1 Å². The largest absolute Gasteiger partial charge is 0.466 e. The van der Waals surface area contributed by atoms with E-state index in [1.807, 2.05) is 12.3 Å². The van der Waals surface area contributed by atoms with E-state index in [1.165, 1.54) is 11.8 Å². The minimum absolute atomic E-state index is 0.0683. The fourth-order valence-electron chi connectivity index (χ4n) is 1.31. The molecule has 0 radical (unpaired) electrons. The Labute approximate surface area is 121 Å². The van der Waals surface area contributed by atoms with Crippen molar-refractivity contribution in [2.45, 2.75) is 26.0 Å². The molecule has 0 saturated carbocycles. The number of aryl methyl sites for hydroxylation is 1. The van der Waals surface area contributed by atoms with E-state index in [4.69, 9.17) is 4.74 Å². The zero-order chi connectivity index (χ0) is 14.1. The summed E-state index contributed by atoms with van der Waals surface area (Å²) in [5.41, 5.74) is 1.01. The maximum absolute atomic E-state index is 11.5. The van der Waals surface area contributed by atoms with Crippen molar-refractivity contribution in [1.29, 1.82) is 0 Å². The number of rotatable bonds is 8. The molecule has 0 aromatic carbocycles. The van der Waals surface area contributed by atoms with Crippen molar-refractivity contribution in [1.82, 2.24) is 10.3 Å². The molecule has 1 aromatic rings. The van der Waals surface area contributed by atoms with Gasteiger partial charge in [0.15, 0.2) is 0 Å². The third kappa shape index (κ3) is 7.17. The molecule has 0 bridgehead atoms. The first-order valence-electron chi connectivity index (χ1n) is 6.03. The number of carbonyl (C=O) groups excluding carboxylic acids is 2. The van der Waals surface area contributed by atoms with E-state index >= 15 is 0 Å². The van der Waals surface area contributed by atoms with Crippen molar-refractivity contribution in [2.75, 3.05) is 18.9 Å². The highest BCUT2D eigenvalue weighted by Gasteiger charge is 2.05. The number of carbonyl (C=O) groups is 2. The predicted octanol–water partition coefficient (Wildman–Crippen LogP) is 1.75. The van der Waals surface area contributed by atoms with Crippen LogP contribution in [0.3, 0.4) is 0 Å². The Balaban J connectivity index is 2.06. The summed E-state index contributed by atoms with van der Waals surface area (Å²) >= 11 is 3.12. The number of thiazole rings is 1. The summed E-state index contributed by atoms with van der Waals surface area (Å²) in [5, 5.41) is 5.72. The van der Waals surface area contributed by atoms with Crippen molar-refractivity contribution in [3.8, 4) is 0 Å². The van der Waals surface area contributed by atoms with Gasteiger partial charge < -0.3 is 10.1 Å². The smallest absolute Gasteiger partial charge is 0.307 e. The number of esters is 1. The van der Waals surface area contributed by atoms with Gasteiger partial charge in [0.25, 0.3) is 0 Å². The lowest BCUT2D eigenvalue weighted by molar-refractivity contribution is -0.142. The average molecular weight is 302 g/mol. The maximum Gasteiger partial charge on any atom is 0.307 e. The molecule has 0 fully saturated rings. The molecule has 0 aliphatic carbocycles. The summed E-state index contributed by atoms with van der Waals surface area (Å²) in [6, 6.07) is 0. The van der Waals surface area contributed by atoms with Crippen LogP contribution >= 0.6 is 23.1 Å². The number of aromatic nitrogens is 1. The first-order valence-corrected chi connectivity index (χ1v) is 8.06. The second-order valence-electron chi connectivity index (χ2n) is 3.76. The minimum Gasteiger partial charge on any atom is -0.466 e. The molecule has 7 heteroatoms. The van der Waals surface area contributed by atoms with Gasteiger partial charge in [-0.2, -0.15) is 0 Å². The van der Waals surface area contributed by atoms with Gasteiger partial charge in [-0.25, -0.2) is 4.98 Å². The number of nitrogens with one attached hydrogen (secondary N) is 1. The lowest BCUT2D eigenvalue weighted by atomic mass is 10.4. The minimum atomic E-state index is -0.284. The van der Waals surface area contributed by atoms with Gasteiger partial charge in [0.05, 0.1) is 29.5 Å². The number of amides is 1. The standard InChI is InChI=1S/C12H18N2O3S2/c1-3-17-12(16)4-5-13-11(15)8-18-6-10-7-19-9(2)14-10/h7H,3-6,8H2,1-2H3,(H,13,15). The summed E-state index contributed by atoms with van der Waals surface area (Å²) in [5.74, 6) is 0.754. The van der Waals surface area contributed by atoms with Gasteiger partial charge in [-0.05, 0) is 13.8 Å². The molecule has 0 spiro atoms. The number of nitrogens with zero attached hydrogens (tertiary/aromatic N) is 1. The topological polar surface area (TPSA) is 68.3 Å². The third-order valence-corrected chi connectivity index (χ3v) is 3.89. The number of hydrogen-bond acceptors (Lipinski definition) is 6.